The molecule has 2 heterocycles. The second kappa shape index (κ2) is 6.58. The zero-order valence-electron chi connectivity index (χ0n) is 12.5. The van der Waals surface area contributed by atoms with Crippen molar-refractivity contribution in [3.05, 3.63) is 55.8 Å². The smallest absolute Gasteiger partial charge is 0.346 e. The summed E-state index contributed by atoms with van der Waals surface area (Å²) in [5, 5.41) is 10.00. The first-order valence-electron chi connectivity index (χ1n) is 7.01. The minimum Gasteiger partial charge on any atom is -0.477 e. The van der Waals surface area contributed by atoms with Crippen LogP contribution in [-0.2, 0) is 6.42 Å². The molecule has 3 rings (SSSR count). The van der Waals surface area contributed by atoms with E-state index in [1.54, 1.807) is 25.2 Å². The van der Waals surface area contributed by atoms with Gasteiger partial charge in [0.25, 0.3) is 0 Å². The summed E-state index contributed by atoms with van der Waals surface area (Å²) in [5.41, 5.74) is 1.39. The number of rotatable bonds is 3. The summed E-state index contributed by atoms with van der Waals surface area (Å²) < 4.78 is 14.0. The second-order valence-corrected chi connectivity index (χ2v) is 7.13. The van der Waals surface area contributed by atoms with Gasteiger partial charge in [0.15, 0.2) is 6.17 Å². The molecule has 2 aromatic rings. The molecule has 0 amide bonds. The SMILES string of the molecule is Cc1c(C(=O)O)sc2nc(CC3=CC=CC(F)C(Cl)=C3)[nH]c(=S)c12. The van der Waals surface area contributed by atoms with Gasteiger partial charge in [0.1, 0.15) is 20.2 Å². The average molecular weight is 383 g/mol. The lowest BCUT2D eigenvalue weighted by atomic mass is 10.1. The molecule has 0 radical (unpaired) electrons. The summed E-state index contributed by atoms with van der Waals surface area (Å²) in [4.78, 5) is 19.6. The zero-order valence-corrected chi connectivity index (χ0v) is 14.9. The van der Waals surface area contributed by atoms with Crippen LogP contribution in [0.1, 0.15) is 21.1 Å². The van der Waals surface area contributed by atoms with Crippen LogP contribution in [0.2, 0.25) is 0 Å². The fourth-order valence-corrected chi connectivity index (χ4v) is 4.15. The minimum absolute atomic E-state index is 0.106. The van der Waals surface area contributed by atoms with Gasteiger partial charge in [-0.15, -0.1) is 11.3 Å². The van der Waals surface area contributed by atoms with Crippen LogP contribution < -0.4 is 0 Å². The summed E-state index contributed by atoms with van der Waals surface area (Å²) in [5.74, 6) is -0.421. The van der Waals surface area contributed by atoms with Crippen molar-refractivity contribution in [1.29, 1.82) is 0 Å². The normalized spacial score (nSPS) is 17.5. The number of halogens is 2. The van der Waals surface area contributed by atoms with Crippen molar-refractivity contribution < 1.29 is 14.3 Å². The quantitative estimate of drug-likeness (QED) is 0.744. The van der Waals surface area contributed by atoms with E-state index in [4.69, 9.17) is 23.8 Å². The van der Waals surface area contributed by atoms with Crippen molar-refractivity contribution in [2.45, 2.75) is 19.5 Å². The molecule has 1 aliphatic carbocycles. The van der Waals surface area contributed by atoms with E-state index in [0.717, 1.165) is 16.9 Å². The molecule has 1 unspecified atom stereocenters. The number of H-pyrrole nitrogens is 1. The van der Waals surface area contributed by atoms with E-state index < -0.39 is 12.1 Å². The van der Waals surface area contributed by atoms with Gasteiger partial charge in [0.2, 0.25) is 0 Å². The lowest BCUT2D eigenvalue weighted by molar-refractivity contribution is 0.0701. The van der Waals surface area contributed by atoms with Gasteiger partial charge < -0.3 is 10.1 Å². The fraction of sp³-hybridized carbons (Fsp3) is 0.188. The third kappa shape index (κ3) is 3.19. The summed E-state index contributed by atoms with van der Waals surface area (Å²) in [6.07, 6.45) is 5.37. The van der Waals surface area contributed by atoms with Gasteiger partial charge in [-0.1, -0.05) is 36.0 Å². The molecule has 0 saturated heterocycles. The molecule has 0 saturated carbocycles. The maximum atomic E-state index is 13.5. The summed E-state index contributed by atoms with van der Waals surface area (Å²) in [7, 11) is 0. The van der Waals surface area contributed by atoms with Crippen LogP contribution in [0.3, 0.4) is 0 Å². The van der Waals surface area contributed by atoms with Crippen LogP contribution in [0.15, 0.2) is 34.9 Å². The van der Waals surface area contributed by atoms with E-state index in [0.29, 0.717) is 32.7 Å². The Balaban J connectivity index is 2.03. The number of fused-ring (bicyclic) bond motifs is 1. The number of carboxylic acid groups (broad SMARTS) is 1. The number of aromatic nitrogens is 2. The Morgan fingerprint density at radius 3 is 3.04 bits per heavy atom. The maximum absolute atomic E-state index is 13.5. The number of carboxylic acids is 1. The highest BCUT2D eigenvalue weighted by Gasteiger charge is 2.18. The molecule has 124 valence electrons. The molecule has 0 aromatic carbocycles. The monoisotopic (exact) mass is 382 g/mol. The van der Waals surface area contributed by atoms with E-state index in [1.807, 2.05) is 0 Å². The lowest BCUT2D eigenvalue weighted by Crippen LogP contribution is -1.98. The number of thiophene rings is 1. The summed E-state index contributed by atoms with van der Waals surface area (Å²) >= 11 is 12.3. The van der Waals surface area contributed by atoms with Crippen LogP contribution in [-0.4, -0.2) is 27.2 Å². The lowest BCUT2D eigenvalue weighted by Gasteiger charge is -2.04. The van der Waals surface area contributed by atoms with Gasteiger partial charge in [0, 0.05) is 11.8 Å². The van der Waals surface area contributed by atoms with Crippen molar-refractivity contribution in [1.82, 2.24) is 9.97 Å². The van der Waals surface area contributed by atoms with Crippen LogP contribution in [0.25, 0.3) is 10.2 Å². The first kappa shape index (κ1) is 17.0. The van der Waals surface area contributed by atoms with Gasteiger partial charge in [-0.05, 0) is 30.2 Å². The maximum Gasteiger partial charge on any atom is 0.346 e. The Hall–Kier alpha value is -1.83. The highest BCUT2D eigenvalue weighted by molar-refractivity contribution is 7.71. The van der Waals surface area contributed by atoms with E-state index >= 15 is 0 Å². The number of nitrogens with one attached hydrogen (secondary N) is 1. The number of aromatic amines is 1. The number of nitrogens with zero attached hydrogens (tertiary/aromatic N) is 1. The largest absolute Gasteiger partial charge is 0.477 e. The topological polar surface area (TPSA) is 66.0 Å². The number of hydrogen-bond acceptors (Lipinski definition) is 4. The van der Waals surface area contributed by atoms with Crippen molar-refractivity contribution in [2.24, 2.45) is 0 Å². The molecule has 2 N–H and O–H groups in total. The van der Waals surface area contributed by atoms with E-state index in [-0.39, 0.29) is 9.91 Å². The third-order valence-corrected chi connectivity index (χ3v) is 5.39. The Kier molecular flexibility index (Phi) is 4.67. The number of allylic oxidation sites excluding steroid dienone is 6. The number of hydrogen-bond donors (Lipinski definition) is 2. The molecular weight excluding hydrogens is 371 g/mol. The predicted molar refractivity (Wildman–Crippen MR) is 96.3 cm³/mol. The van der Waals surface area contributed by atoms with Crippen LogP contribution in [0.5, 0.6) is 0 Å². The Labute approximate surface area is 151 Å². The Bertz CT molecular complexity index is 988. The van der Waals surface area contributed by atoms with E-state index in [2.05, 4.69) is 9.97 Å². The van der Waals surface area contributed by atoms with Crippen molar-refractivity contribution in [2.75, 3.05) is 0 Å². The van der Waals surface area contributed by atoms with E-state index in [1.165, 1.54) is 6.08 Å². The Morgan fingerprint density at radius 1 is 1.58 bits per heavy atom. The standard InChI is InChI=1S/C16H12ClFN2O2S2/c1-7-12-14(23)19-11(20-15(12)24-13(7)16(21)22)6-8-3-2-4-10(18)9(17)5-8/h2-5,10H,6H2,1H3,(H,21,22)(H,19,20,23). The molecule has 24 heavy (non-hydrogen) atoms. The predicted octanol–water partition coefficient (Wildman–Crippen LogP) is 4.86. The highest BCUT2D eigenvalue weighted by Crippen LogP contribution is 2.30. The van der Waals surface area contributed by atoms with Gasteiger partial charge in [0.05, 0.1) is 5.03 Å². The molecule has 8 heteroatoms. The second-order valence-electron chi connectivity index (χ2n) is 5.29. The molecular formula is C16H12ClFN2O2S2. The van der Waals surface area contributed by atoms with Crippen molar-refractivity contribution in [3.63, 3.8) is 0 Å². The summed E-state index contributed by atoms with van der Waals surface area (Å²) in [6, 6.07) is 0. The molecule has 4 nitrogen and oxygen atoms in total. The molecule has 0 fully saturated rings. The van der Waals surface area contributed by atoms with Gasteiger partial charge in [-0.25, -0.2) is 14.2 Å². The Morgan fingerprint density at radius 2 is 2.33 bits per heavy atom. The number of carbonyl (C=O) groups is 1. The van der Waals surface area contributed by atoms with Crippen LogP contribution >= 0.6 is 35.2 Å². The highest BCUT2D eigenvalue weighted by atomic mass is 35.5. The fourth-order valence-electron chi connectivity index (χ4n) is 2.45. The number of alkyl halides is 1. The first-order chi connectivity index (χ1) is 11.4. The molecule has 0 spiro atoms. The number of aryl methyl sites for hydroxylation is 1. The minimum atomic E-state index is -1.31. The van der Waals surface area contributed by atoms with Crippen LogP contribution in [0, 0.1) is 11.6 Å². The molecule has 1 aliphatic rings. The van der Waals surface area contributed by atoms with Gasteiger partial charge >= 0.3 is 5.97 Å². The van der Waals surface area contributed by atoms with Gasteiger partial charge in [-0.2, -0.15) is 0 Å². The van der Waals surface area contributed by atoms with E-state index in [9.17, 15) is 14.3 Å². The summed E-state index contributed by atoms with van der Waals surface area (Å²) in [6.45, 7) is 1.72. The first-order valence-corrected chi connectivity index (χ1v) is 8.61. The number of aromatic carboxylic acids is 1. The molecule has 2 aromatic heterocycles. The van der Waals surface area contributed by atoms with Gasteiger partial charge in [-0.3, -0.25) is 0 Å². The molecule has 0 aliphatic heterocycles. The zero-order chi connectivity index (χ0) is 17.4. The molecule has 1 atom stereocenters. The van der Waals surface area contributed by atoms with Crippen LogP contribution in [0.4, 0.5) is 4.39 Å². The third-order valence-electron chi connectivity index (χ3n) is 3.59. The molecule has 0 bridgehead atoms. The average Bonchev–Trinajstić information content (AvgIpc) is 2.75. The van der Waals surface area contributed by atoms with Crippen molar-refractivity contribution in [3.8, 4) is 0 Å². The van der Waals surface area contributed by atoms with Crippen molar-refractivity contribution >= 4 is 51.3 Å².